The Morgan fingerprint density at radius 3 is 2.47 bits per heavy atom. The molecule has 0 saturated heterocycles. The highest BCUT2D eigenvalue weighted by Gasteiger charge is 2.28. The molecule has 30 heavy (non-hydrogen) atoms. The van der Waals surface area contributed by atoms with Crippen LogP contribution in [0.4, 0.5) is 13.2 Å². The molecule has 166 valence electrons. The number of alkyl halides is 3. The SMILES string of the molecule is CC/C=C(\C=C(/N)NC(=O)CC)C(=O)NC(CC)c1ccc(OCC(F)(F)F)nc1. The predicted octanol–water partition coefficient (Wildman–Crippen LogP) is 3.25. The first-order valence-electron chi connectivity index (χ1n) is 9.53. The molecule has 10 heteroatoms. The summed E-state index contributed by atoms with van der Waals surface area (Å²) in [5.41, 5.74) is 6.66. The third-order valence-corrected chi connectivity index (χ3v) is 3.86. The van der Waals surface area contributed by atoms with Crippen molar-refractivity contribution in [3.05, 3.63) is 47.4 Å². The van der Waals surface area contributed by atoms with Gasteiger partial charge in [-0.05, 0) is 24.5 Å². The van der Waals surface area contributed by atoms with Gasteiger partial charge in [0.15, 0.2) is 6.61 Å². The maximum absolute atomic E-state index is 12.7. The van der Waals surface area contributed by atoms with E-state index >= 15 is 0 Å². The number of amides is 2. The van der Waals surface area contributed by atoms with Crippen LogP contribution in [0.1, 0.15) is 51.6 Å². The lowest BCUT2D eigenvalue weighted by Crippen LogP contribution is -2.31. The molecule has 0 aliphatic carbocycles. The van der Waals surface area contributed by atoms with Crippen molar-refractivity contribution in [2.24, 2.45) is 5.73 Å². The van der Waals surface area contributed by atoms with E-state index in [-0.39, 0.29) is 29.6 Å². The second-order valence-electron chi connectivity index (χ2n) is 6.34. The Bertz CT molecular complexity index is 774. The van der Waals surface area contributed by atoms with Crippen LogP contribution in [0.3, 0.4) is 0 Å². The molecule has 1 rings (SSSR count). The first-order chi connectivity index (χ1) is 14.1. The van der Waals surface area contributed by atoms with Crippen LogP contribution in [0.2, 0.25) is 0 Å². The molecular weight excluding hydrogens is 401 g/mol. The van der Waals surface area contributed by atoms with Crippen LogP contribution in [0, 0.1) is 0 Å². The van der Waals surface area contributed by atoms with Crippen LogP contribution in [0.15, 0.2) is 41.9 Å². The van der Waals surface area contributed by atoms with Gasteiger partial charge in [-0.25, -0.2) is 4.98 Å². The van der Waals surface area contributed by atoms with Crippen molar-refractivity contribution in [2.45, 2.75) is 52.3 Å². The van der Waals surface area contributed by atoms with Gasteiger partial charge in [-0.15, -0.1) is 0 Å². The van der Waals surface area contributed by atoms with Gasteiger partial charge < -0.3 is 21.1 Å². The van der Waals surface area contributed by atoms with Crippen LogP contribution >= 0.6 is 0 Å². The number of hydrogen-bond donors (Lipinski definition) is 3. The first kappa shape index (κ1) is 25.0. The lowest BCUT2D eigenvalue weighted by atomic mass is 10.1. The number of allylic oxidation sites excluding steroid dienone is 1. The Morgan fingerprint density at radius 1 is 1.27 bits per heavy atom. The average Bonchev–Trinajstić information content (AvgIpc) is 2.69. The second-order valence-corrected chi connectivity index (χ2v) is 6.34. The van der Waals surface area contributed by atoms with E-state index in [4.69, 9.17) is 5.73 Å². The maximum Gasteiger partial charge on any atom is 0.422 e. The van der Waals surface area contributed by atoms with Crippen molar-refractivity contribution in [1.29, 1.82) is 0 Å². The average molecular weight is 428 g/mol. The van der Waals surface area contributed by atoms with Crippen LogP contribution in [0.25, 0.3) is 0 Å². The van der Waals surface area contributed by atoms with Crippen molar-refractivity contribution >= 4 is 11.8 Å². The largest absolute Gasteiger partial charge is 0.468 e. The maximum atomic E-state index is 12.7. The fraction of sp³-hybridized carbons (Fsp3) is 0.450. The molecule has 1 aromatic heterocycles. The highest BCUT2D eigenvalue weighted by Crippen LogP contribution is 2.21. The third-order valence-electron chi connectivity index (χ3n) is 3.86. The monoisotopic (exact) mass is 428 g/mol. The summed E-state index contributed by atoms with van der Waals surface area (Å²) < 4.78 is 41.3. The number of ether oxygens (including phenoxy) is 1. The molecule has 0 saturated carbocycles. The standard InChI is InChI=1S/C20H27F3N4O3/c1-4-7-13(10-16(24)27-17(28)6-3)19(29)26-15(5-2)14-8-9-18(25-11-14)30-12-20(21,22)23/h7-11,15H,4-6,12,24H2,1-3H3,(H,26,29)(H,27,28)/b13-7+,16-10+. The molecule has 7 nitrogen and oxygen atoms in total. The quantitative estimate of drug-likeness (QED) is 0.392. The molecule has 0 radical (unpaired) electrons. The Labute approximate surface area is 173 Å². The Kier molecular flexibility index (Phi) is 9.87. The van der Waals surface area contributed by atoms with Crippen molar-refractivity contribution in [3.8, 4) is 5.88 Å². The second kappa shape index (κ2) is 11.8. The normalized spacial score (nSPS) is 13.5. The van der Waals surface area contributed by atoms with E-state index in [1.807, 2.05) is 13.8 Å². The van der Waals surface area contributed by atoms with Crippen molar-refractivity contribution < 1.29 is 27.5 Å². The van der Waals surface area contributed by atoms with E-state index in [0.717, 1.165) is 0 Å². The minimum Gasteiger partial charge on any atom is -0.468 e. The predicted molar refractivity (Wildman–Crippen MR) is 106 cm³/mol. The summed E-state index contributed by atoms with van der Waals surface area (Å²) in [5.74, 6) is -0.788. The number of nitrogens with two attached hydrogens (primary N) is 1. The molecule has 1 heterocycles. The molecule has 2 amide bonds. The van der Waals surface area contributed by atoms with E-state index in [1.165, 1.54) is 18.3 Å². The van der Waals surface area contributed by atoms with Gasteiger partial charge in [0.1, 0.15) is 5.82 Å². The molecular formula is C20H27F3N4O3. The number of hydrogen-bond acceptors (Lipinski definition) is 5. The van der Waals surface area contributed by atoms with Gasteiger partial charge in [0, 0.05) is 24.3 Å². The van der Waals surface area contributed by atoms with E-state index in [0.29, 0.717) is 18.4 Å². The molecule has 1 atom stereocenters. The van der Waals surface area contributed by atoms with Crippen molar-refractivity contribution in [3.63, 3.8) is 0 Å². The summed E-state index contributed by atoms with van der Waals surface area (Å²) in [6.45, 7) is 3.94. The fourth-order valence-electron chi connectivity index (χ4n) is 2.39. The molecule has 0 aliphatic heterocycles. The first-order valence-corrected chi connectivity index (χ1v) is 9.53. The van der Waals surface area contributed by atoms with Gasteiger partial charge in [0.2, 0.25) is 11.8 Å². The highest BCUT2D eigenvalue weighted by atomic mass is 19.4. The highest BCUT2D eigenvalue weighted by molar-refractivity contribution is 5.96. The Hall–Kier alpha value is -3.04. The zero-order valence-corrected chi connectivity index (χ0v) is 17.2. The summed E-state index contributed by atoms with van der Waals surface area (Å²) in [6, 6.07) is 2.43. The Morgan fingerprint density at radius 2 is 1.97 bits per heavy atom. The molecule has 0 fully saturated rings. The van der Waals surface area contributed by atoms with E-state index in [1.54, 1.807) is 19.1 Å². The number of nitrogens with zero attached hydrogens (tertiary/aromatic N) is 1. The number of halogens is 3. The molecule has 0 bridgehead atoms. The minimum atomic E-state index is -4.45. The van der Waals surface area contributed by atoms with Crippen molar-refractivity contribution in [2.75, 3.05) is 6.61 Å². The molecule has 4 N–H and O–H groups in total. The van der Waals surface area contributed by atoms with Crippen LogP contribution in [0.5, 0.6) is 5.88 Å². The van der Waals surface area contributed by atoms with Crippen molar-refractivity contribution in [1.82, 2.24) is 15.6 Å². The van der Waals surface area contributed by atoms with E-state index < -0.39 is 24.7 Å². The third kappa shape index (κ3) is 8.97. The number of carbonyl (C=O) groups excluding carboxylic acids is 2. The molecule has 0 spiro atoms. The van der Waals surface area contributed by atoms with Gasteiger partial charge in [0.25, 0.3) is 5.91 Å². The molecule has 1 unspecified atom stereocenters. The van der Waals surface area contributed by atoms with Crippen LogP contribution < -0.4 is 21.1 Å². The molecule has 0 aliphatic rings. The van der Waals surface area contributed by atoms with Crippen LogP contribution in [-0.4, -0.2) is 29.6 Å². The number of aromatic nitrogens is 1. The van der Waals surface area contributed by atoms with Gasteiger partial charge in [-0.2, -0.15) is 13.2 Å². The van der Waals surface area contributed by atoms with Gasteiger partial charge >= 0.3 is 6.18 Å². The summed E-state index contributed by atoms with van der Waals surface area (Å²) >= 11 is 0. The minimum absolute atomic E-state index is 0.0533. The molecule has 1 aromatic rings. The smallest absolute Gasteiger partial charge is 0.422 e. The lowest BCUT2D eigenvalue weighted by molar-refractivity contribution is -0.154. The van der Waals surface area contributed by atoms with Gasteiger partial charge in [-0.3, -0.25) is 9.59 Å². The number of rotatable bonds is 10. The van der Waals surface area contributed by atoms with Gasteiger partial charge in [-0.1, -0.05) is 32.9 Å². The Balaban J connectivity index is 2.88. The van der Waals surface area contributed by atoms with Gasteiger partial charge in [0.05, 0.1) is 6.04 Å². The number of carbonyl (C=O) groups is 2. The summed E-state index contributed by atoms with van der Waals surface area (Å²) in [7, 11) is 0. The summed E-state index contributed by atoms with van der Waals surface area (Å²) in [4.78, 5) is 28.0. The zero-order valence-electron chi connectivity index (χ0n) is 17.2. The zero-order chi connectivity index (χ0) is 22.7. The van der Waals surface area contributed by atoms with E-state index in [2.05, 4.69) is 20.4 Å². The van der Waals surface area contributed by atoms with Crippen LogP contribution in [-0.2, 0) is 9.59 Å². The number of nitrogens with one attached hydrogen (secondary N) is 2. The summed E-state index contributed by atoms with van der Waals surface area (Å²) in [6.07, 6.45) is 1.29. The summed E-state index contributed by atoms with van der Waals surface area (Å²) in [5, 5.41) is 5.31. The molecule has 0 aromatic carbocycles. The van der Waals surface area contributed by atoms with E-state index in [9.17, 15) is 22.8 Å². The topological polar surface area (TPSA) is 106 Å². The fourth-order valence-corrected chi connectivity index (χ4v) is 2.39. The number of pyridine rings is 1. The lowest BCUT2D eigenvalue weighted by Gasteiger charge is -2.18.